The van der Waals surface area contributed by atoms with E-state index >= 15 is 0 Å². The Balaban J connectivity index is 1.44. The van der Waals surface area contributed by atoms with Crippen molar-refractivity contribution in [1.29, 1.82) is 0 Å². The second-order valence-electron chi connectivity index (χ2n) is 9.35. The lowest BCUT2D eigenvalue weighted by Gasteiger charge is -2.42. The van der Waals surface area contributed by atoms with E-state index in [1.165, 1.54) is 11.1 Å². The van der Waals surface area contributed by atoms with Crippen LogP contribution in [0.4, 0.5) is 5.82 Å². The Bertz CT molecular complexity index is 1240. The van der Waals surface area contributed by atoms with E-state index in [2.05, 4.69) is 27.3 Å². The maximum absolute atomic E-state index is 13.7. The van der Waals surface area contributed by atoms with Crippen LogP contribution in [0.15, 0.2) is 42.9 Å². The first-order valence-corrected chi connectivity index (χ1v) is 11.4. The third kappa shape index (κ3) is 3.59. The topological polar surface area (TPSA) is 106 Å². The van der Waals surface area contributed by atoms with Gasteiger partial charge in [-0.3, -0.25) is 4.79 Å². The van der Waals surface area contributed by atoms with Crippen LogP contribution >= 0.6 is 0 Å². The van der Waals surface area contributed by atoms with E-state index < -0.39 is 5.60 Å². The number of nitrogens with zero attached hydrogens (tertiary/aromatic N) is 7. The number of piperidine rings is 1. The van der Waals surface area contributed by atoms with Gasteiger partial charge in [0, 0.05) is 37.4 Å². The highest BCUT2D eigenvalue weighted by Crippen LogP contribution is 2.40. The van der Waals surface area contributed by atoms with Crippen molar-refractivity contribution in [2.75, 3.05) is 18.5 Å². The van der Waals surface area contributed by atoms with Crippen molar-refractivity contribution in [2.45, 2.75) is 51.3 Å². The highest BCUT2D eigenvalue weighted by Gasteiger charge is 2.42. The minimum absolute atomic E-state index is 0.00711. The number of benzene rings is 1. The van der Waals surface area contributed by atoms with Gasteiger partial charge in [-0.1, -0.05) is 12.1 Å². The Labute approximate surface area is 197 Å². The molecule has 10 heteroatoms. The number of pyridine rings is 1. The third-order valence-corrected chi connectivity index (χ3v) is 6.83. The quantitative estimate of drug-likeness (QED) is 0.546. The Morgan fingerprint density at radius 1 is 1.21 bits per heavy atom. The van der Waals surface area contributed by atoms with Gasteiger partial charge in [0.1, 0.15) is 22.7 Å². The number of carbonyl (C=O) groups is 2. The van der Waals surface area contributed by atoms with Gasteiger partial charge in [-0.15, -0.1) is 15.0 Å². The second-order valence-corrected chi connectivity index (χ2v) is 9.35. The number of tetrazole rings is 1. The van der Waals surface area contributed by atoms with Gasteiger partial charge in [0.15, 0.2) is 6.33 Å². The van der Waals surface area contributed by atoms with Crippen molar-refractivity contribution in [1.82, 2.24) is 30.1 Å². The predicted molar refractivity (Wildman–Crippen MR) is 124 cm³/mol. The molecule has 1 aromatic carbocycles. The van der Waals surface area contributed by atoms with Crippen molar-refractivity contribution in [2.24, 2.45) is 0 Å². The SMILES string of the molecule is CC1CCC(N(C)c2nccc3c2C(=O)OC3(C)C)CN1C(=O)c1ccccc1-n1ncnn1. The molecule has 1 fully saturated rings. The molecule has 4 heterocycles. The number of ether oxygens (including phenoxy) is 1. The van der Waals surface area contributed by atoms with Crippen LogP contribution in [-0.2, 0) is 10.3 Å². The zero-order valence-electron chi connectivity index (χ0n) is 19.7. The summed E-state index contributed by atoms with van der Waals surface area (Å²) in [5.41, 5.74) is 1.75. The van der Waals surface area contributed by atoms with Crippen molar-refractivity contribution >= 4 is 17.7 Å². The smallest absolute Gasteiger partial charge is 0.343 e. The highest BCUT2D eigenvalue weighted by atomic mass is 16.6. The largest absolute Gasteiger partial charge is 0.451 e. The predicted octanol–water partition coefficient (Wildman–Crippen LogP) is 2.59. The average Bonchev–Trinajstić information content (AvgIpc) is 3.45. The van der Waals surface area contributed by atoms with Gasteiger partial charge in [0.05, 0.1) is 5.56 Å². The van der Waals surface area contributed by atoms with Crippen LogP contribution in [0.5, 0.6) is 0 Å². The molecule has 1 amide bonds. The summed E-state index contributed by atoms with van der Waals surface area (Å²) in [5.74, 6) is 0.138. The third-order valence-electron chi connectivity index (χ3n) is 6.83. The van der Waals surface area contributed by atoms with Crippen molar-refractivity contribution in [3.05, 3.63) is 59.5 Å². The summed E-state index contributed by atoms with van der Waals surface area (Å²) in [5, 5.41) is 11.8. The minimum atomic E-state index is -0.687. The van der Waals surface area contributed by atoms with Gasteiger partial charge in [0.2, 0.25) is 0 Å². The molecule has 2 unspecified atom stereocenters. The fourth-order valence-electron chi connectivity index (χ4n) is 4.88. The normalized spacial score (nSPS) is 21.2. The van der Waals surface area contributed by atoms with E-state index in [0.717, 1.165) is 18.4 Å². The molecule has 0 bridgehead atoms. The second kappa shape index (κ2) is 8.19. The summed E-state index contributed by atoms with van der Waals surface area (Å²) in [7, 11) is 1.93. The minimum Gasteiger partial charge on any atom is -0.451 e. The molecule has 10 nitrogen and oxygen atoms in total. The summed E-state index contributed by atoms with van der Waals surface area (Å²) in [6.07, 6.45) is 4.75. The lowest BCUT2D eigenvalue weighted by atomic mass is 9.95. The Kier molecular flexibility index (Phi) is 5.30. The number of aromatic nitrogens is 5. The maximum atomic E-state index is 13.7. The Morgan fingerprint density at radius 3 is 2.76 bits per heavy atom. The lowest BCUT2D eigenvalue weighted by molar-refractivity contribution is 0.00953. The maximum Gasteiger partial charge on any atom is 0.343 e. The molecule has 3 aromatic rings. The summed E-state index contributed by atoms with van der Waals surface area (Å²) in [6.45, 7) is 6.32. The Hall–Kier alpha value is -3.82. The van der Waals surface area contributed by atoms with Gasteiger partial charge in [-0.25, -0.2) is 9.78 Å². The van der Waals surface area contributed by atoms with Crippen LogP contribution in [0.2, 0.25) is 0 Å². The van der Waals surface area contributed by atoms with Crippen molar-refractivity contribution in [3.63, 3.8) is 0 Å². The number of anilines is 1. The Morgan fingerprint density at radius 2 is 2.00 bits per heavy atom. The van der Waals surface area contributed by atoms with Crippen LogP contribution in [0.25, 0.3) is 5.69 Å². The van der Waals surface area contributed by atoms with Crippen LogP contribution in [0.1, 0.15) is 59.9 Å². The van der Waals surface area contributed by atoms with Crippen molar-refractivity contribution in [3.8, 4) is 5.69 Å². The molecule has 2 aromatic heterocycles. The van der Waals surface area contributed by atoms with Gasteiger partial charge in [0.25, 0.3) is 5.91 Å². The first-order chi connectivity index (χ1) is 16.3. The number of likely N-dealkylation sites (N-methyl/N-ethyl adjacent to an activating group) is 1. The number of hydrogen-bond donors (Lipinski definition) is 0. The van der Waals surface area contributed by atoms with E-state index in [1.54, 1.807) is 18.3 Å². The number of fused-ring (bicyclic) bond motifs is 1. The highest BCUT2D eigenvalue weighted by molar-refractivity contribution is 6.00. The molecule has 34 heavy (non-hydrogen) atoms. The number of likely N-dealkylation sites (tertiary alicyclic amines) is 1. The molecule has 1 saturated heterocycles. The monoisotopic (exact) mass is 461 g/mol. The van der Waals surface area contributed by atoms with Gasteiger partial charge < -0.3 is 14.5 Å². The molecule has 176 valence electrons. The summed E-state index contributed by atoms with van der Waals surface area (Å²) < 4.78 is 5.59. The van der Waals surface area contributed by atoms with Gasteiger partial charge >= 0.3 is 5.97 Å². The molecule has 0 N–H and O–H groups in total. The number of para-hydroxylation sites is 1. The summed E-state index contributed by atoms with van der Waals surface area (Å²) in [6, 6.07) is 9.15. The van der Waals surface area contributed by atoms with E-state index in [0.29, 0.717) is 29.2 Å². The van der Waals surface area contributed by atoms with Crippen LogP contribution < -0.4 is 4.90 Å². The van der Waals surface area contributed by atoms with E-state index in [-0.39, 0.29) is 24.0 Å². The average molecular weight is 462 g/mol. The van der Waals surface area contributed by atoms with Crippen LogP contribution in [-0.4, -0.2) is 67.6 Å². The van der Waals surface area contributed by atoms with Crippen LogP contribution in [0.3, 0.4) is 0 Å². The summed E-state index contributed by atoms with van der Waals surface area (Å²) in [4.78, 5) is 36.1. The number of cyclic esters (lactones) is 1. The molecule has 0 spiro atoms. The van der Waals surface area contributed by atoms with Gasteiger partial charge in [-0.05, 0) is 57.0 Å². The first kappa shape index (κ1) is 22.0. The lowest BCUT2D eigenvalue weighted by Crippen LogP contribution is -2.53. The molecule has 2 atom stereocenters. The summed E-state index contributed by atoms with van der Waals surface area (Å²) >= 11 is 0. The zero-order chi connectivity index (χ0) is 24.0. The first-order valence-electron chi connectivity index (χ1n) is 11.4. The molecule has 0 saturated carbocycles. The molecular weight excluding hydrogens is 434 g/mol. The molecule has 0 radical (unpaired) electrons. The number of rotatable bonds is 4. The van der Waals surface area contributed by atoms with Crippen LogP contribution in [0, 0.1) is 0 Å². The molecule has 0 aliphatic carbocycles. The van der Waals surface area contributed by atoms with E-state index in [1.807, 2.05) is 48.9 Å². The number of amides is 1. The number of carbonyl (C=O) groups excluding carboxylic acids is 2. The zero-order valence-corrected chi connectivity index (χ0v) is 19.7. The standard InChI is InChI=1S/C24H27N7O3/c1-15-9-10-16(29(4)21-20-18(11-12-25-21)24(2,3)34-23(20)33)13-30(15)22(32)17-7-5-6-8-19(17)31-27-14-26-28-31/h5-8,11-12,14-16H,9-10,13H2,1-4H3. The molecule has 2 aliphatic heterocycles. The van der Waals surface area contributed by atoms with E-state index in [9.17, 15) is 9.59 Å². The number of hydrogen-bond acceptors (Lipinski definition) is 8. The van der Waals surface area contributed by atoms with E-state index in [4.69, 9.17) is 4.74 Å². The fourth-order valence-corrected chi connectivity index (χ4v) is 4.88. The van der Waals surface area contributed by atoms with Gasteiger partial charge in [-0.2, -0.15) is 0 Å². The number of esters is 1. The molecule has 2 aliphatic rings. The van der Waals surface area contributed by atoms with Crippen molar-refractivity contribution < 1.29 is 14.3 Å². The molecular formula is C24H27N7O3. The fraction of sp³-hybridized carbons (Fsp3) is 0.417. The molecule has 5 rings (SSSR count).